The van der Waals surface area contributed by atoms with Crippen LogP contribution in [0, 0.1) is 13.8 Å². The van der Waals surface area contributed by atoms with Crippen molar-refractivity contribution in [2.24, 2.45) is 7.05 Å². The van der Waals surface area contributed by atoms with E-state index in [2.05, 4.69) is 27.3 Å². The molecule has 0 unspecified atom stereocenters. The van der Waals surface area contributed by atoms with Crippen LogP contribution < -0.4 is 5.32 Å². The molecule has 2 aromatic heterocycles. The Balaban J connectivity index is 1.47. The van der Waals surface area contributed by atoms with Gasteiger partial charge in [-0.3, -0.25) is 14.4 Å². The van der Waals surface area contributed by atoms with Crippen LogP contribution in [-0.4, -0.2) is 79.1 Å². The summed E-state index contributed by atoms with van der Waals surface area (Å²) in [5, 5.41) is 24.9. The maximum absolute atomic E-state index is 13.8. The molecule has 1 saturated heterocycles. The number of nitrogens with zero attached hydrogens (tertiary/aromatic N) is 6. The third-order valence-corrected chi connectivity index (χ3v) is 7.20. The highest BCUT2D eigenvalue weighted by molar-refractivity contribution is 5.95. The number of benzene rings is 1. The molecule has 4 rings (SSSR count). The van der Waals surface area contributed by atoms with Crippen molar-refractivity contribution in [1.29, 1.82) is 0 Å². The first-order chi connectivity index (χ1) is 19.5. The molecule has 2 N–H and O–H groups in total. The Hall–Kier alpha value is -4.03. The minimum absolute atomic E-state index is 0.275. The van der Waals surface area contributed by atoms with Crippen LogP contribution in [0.15, 0.2) is 66.5 Å². The van der Waals surface area contributed by atoms with Gasteiger partial charge in [0, 0.05) is 50.0 Å². The zero-order valence-electron chi connectivity index (χ0n) is 23.3. The number of allylic oxidation sites excluding steroid dienone is 2. The molecule has 0 aliphatic carbocycles. The number of nitrogens with one attached hydrogen (secondary N) is 1. The molecule has 3 heterocycles. The highest BCUT2D eigenvalue weighted by Gasteiger charge is 2.32. The van der Waals surface area contributed by atoms with Gasteiger partial charge in [-0.05, 0) is 56.0 Å². The fraction of sp³-hybridized carbons (Fsp3) is 0.379. The zero-order valence-corrected chi connectivity index (χ0v) is 23.3. The van der Waals surface area contributed by atoms with E-state index < -0.39 is 17.7 Å². The lowest BCUT2D eigenvalue weighted by molar-refractivity contribution is -0.0884. The number of hydrogen-bond donors (Lipinski definition) is 2. The van der Waals surface area contributed by atoms with Crippen molar-refractivity contribution in [2.75, 3.05) is 26.2 Å². The number of aliphatic hydroxyl groups excluding tert-OH is 1. The predicted molar refractivity (Wildman–Crippen MR) is 149 cm³/mol. The Morgan fingerprint density at radius 2 is 1.98 bits per heavy atom. The van der Waals surface area contributed by atoms with Crippen molar-refractivity contribution in [3.05, 3.63) is 83.4 Å². The Kier molecular flexibility index (Phi) is 9.24. The van der Waals surface area contributed by atoms with Gasteiger partial charge in [-0.15, -0.1) is 5.10 Å². The molecule has 1 aliphatic rings. The number of halogens is 3. The minimum atomic E-state index is -4.61. The minimum Gasteiger partial charge on any atom is -0.393 e. The number of hydrogen-bond acceptors (Lipinski definition) is 6. The molecule has 0 saturated carbocycles. The van der Waals surface area contributed by atoms with Crippen molar-refractivity contribution in [2.45, 2.75) is 39.0 Å². The van der Waals surface area contributed by atoms with E-state index in [9.17, 15) is 23.1 Å². The maximum atomic E-state index is 13.8. The summed E-state index contributed by atoms with van der Waals surface area (Å²) in [5.41, 5.74) is 3.66. The second kappa shape index (κ2) is 12.6. The summed E-state index contributed by atoms with van der Waals surface area (Å²) < 4.78 is 44.7. The molecule has 1 aliphatic heterocycles. The molecular weight excluding hydrogens is 535 g/mol. The van der Waals surface area contributed by atoms with Gasteiger partial charge in [0.15, 0.2) is 0 Å². The van der Waals surface area contributed by atoms with Gasteiger partial charge in [0.25, 0.3) is 5.91 Å². The van der Waals surface area contributed by atoms with Crippen LogP contribution in [0.3, 0.4) is 0 Å². The van der Waals surface area contributed by atoms with E-state index in [4.69, 9.17) is 0 Å². The summed E-state index contributed by atoms with van der Waals surface area (Å²) in [7, 11) is 1.83. The lowest BCUT2D eigenvalue weighted by atomic mass is 10.1. The number of alkyl halides is 3. The summed E-state index contributed by atoms with van der Waals surface area (Å²) in [5.74, 6) is -0.521. The van der Waals surface area contributed by atoms with E-state index in [0.29, 0.717) is 49.4 Å². The van der Waals surface area contributed by atoms with Crippen LogP contribution in [0.4, 0.5) is 13.2 Å². The molecule has 1 fully saturated rings. The van der Waals surface area contributed by atoms with Gasteiger partial charge in [-0.1, -0.05) is 30.0 Å². The SMILES string of the molecule is C=C/C(=C\C(=C/CNC(=O)c1ccc(C)c(-n2cc(-c3cnn(C)c3C)nn2)c1)C(F)(F)F)CN1CCC(O)CC1. The maximum Gasteiger partial charge on any atom is 0.416 e. The fourth-order valence-electron chi connectivity index (χ4n) is 4.57. The average Bonchev–Trinajstić information content (AvgIpc) is 3.54. The molecule has 41 heavy (non-hydrogen) atoms. The number of likely N-dealkylation sites (tertiary alicyclic amines) is 1. The number of carbonyl (C=O) groups excluding carboxylic acids is 1. The number of rotatable bonds is 9. The highest BCUT2D eigenvalue weighted by atomic mass is 19.4. The number of amides is 1. The average molecular weight is 570 g/mol. The van der Waals surface area contributed by atoms with Crippen LogP contribution in [-0.2, 0) is 7.05 Å². The molecule has 0 atom stereocenters. The quantitative estimate of drug-likeness (QED) is 0.377. The van der Waals surface area contributed by atoms with Crippen LogP contribution in [0.1, 0.15) is 34.5 Å². The van der Waals surface area contributed by atoms with Gasteiger partial charge in [-0.2, -0.15) is 18.3 Å². The lowest BCUT2D eigenvalue weighted by Crippen LogP contribution is -2.36. The number of carbonyl (C=O) groups is 1. The molecule has 12 heteroatoms. The first kappa shape index (κ1) is 29.9. The Labute approximate surface area is 236 Å². The summed E-state index contributed by atoms with van der Waals surface area (Å²) in [6.07, 6.45) is 3.05. The molecule has 218 valence electrons. The number of aromatic nitrogens is 5. The van der Waals surface area contributed by atoms with Gasteiger partial charge in [-0.25, -0.2) is 4.68 Å². The normalized spacial score (nSPS) is 15.8. The fourth-order valence-corrected chi connectivity index (χ4v) is 4.57. The van der Waals surface area contributed by atoms with Crippen molar-refractivity contribution in [3.8, 4) is 16.9 Å². The monoisotopic (exact) mass is 569 g/mol. The molecule has 3 aromatic rings. The van der Waals surface area contributed by atoms with Gasteiger partial charge < -0.3 is 10.4 Å². The molecule has 0 bridgehead atoms. The standard InChI is InChI=1S/C29H34F3N7O2/c1-5-21(17-38-12-9-24(40)10-13-38)14-23(29(30,31)32)8-11-33-28(41)22-7-6-19(2)27(15-22)39-18-26(35-36-39)25-16-34-37(4)20(25)3/h5-8,14-16,18,24,40H,1,9-13,17H2,2-4H3,(H,33,41)/b21-14+,23-8+. The predicted octanol–water partition coefficient (Wildman–Crippen LogP) is 4.07. The van der Waals surface area contributed by atoms with Crippen molar-refractivity contribution < 1.29 is 23.1 Å². The third kappa shape index (κ3) is 7.39. The Morgan fingerprint density at radius 1 is 1.24 bits per heavy atom. The third-order valence-electron chi connectivity index (χ3n) is 7.20. The molecule has 1 aromatic carbocycles. The lowest BCUT2D eigenvalue weighted by Gasteiger charge is -2.29. The van der Waals surface area contributed by atoms with Crippen LogP contribution in [0.25, 0.3) is 16.9 Å². The van der Waals surface area contributed by atoms with E-state index in [1.807, 2.05) is 25.8 Å². The topological polar surface area (TPSA) is 101 Å². The van der Waals surface area contributed by atoms with E-state index in [1.165, 1.54) is 6.08 Å². The summed E-state index contributed by atoms with van der Waals surface area (Å²) in [6.45, 7) is 8.63. The Bertz CT molecular complexity index is 1460. The smallest absolute Gasteiger partial charge is 0.393 e. The summed E-state index contributed by atoms with van der Waals surface area (Å²) in [4.78, 5) is 14.9. The van der Waals surface area contributed by atoms with Crippen LogP contribution in [0.5, 0.6) is 0 Å². The second-order valence-electron chi connectivity index (χ2n) is 10.1. The van der Waals surface area contributed by atoms with Gasteiger partial charge in [0.2, 0.25) is 0 Å². The highest BCUT2D eigenvalue weighted by Crippen LogP contribution is 2.28. The van der Waals surface area contributed by atoms with E-state index >= 15 is 0 Å². The van der Waals surface area contributed by atoms with Crippen LogP contribution in [0.2, 0.25) is 0 Å². The van der Waals surface area contributed by atoms with Crippen LogP contribution >= 0.6 is 0 Å². The van der Waals surface area contributed by atoms with Crippen molar-refractivity contribution in [3.63, 3.8) is 0 Å². The number of aryl methyl sites for hydroxylation is 2. The zero-order chi connectivity index (χ0) is 29.7. The van der Waals surface area contributed by atoms with Gasteiger partial charge in [0.05, 0.1) is 29.8 Å². The number of aliphatic hydroxyl groups is 1. The van der Waals surface area contributed by atoms with Crippen molar-refractivity contribution in [1.82, 2.24) is 35.0 Å². The molecule has 0 radical (unpaired) electrons. The first-order valence-corrected chi connectivity index (χ1v) is 13.3. The Morgan fingerprint density at radius 3 is 2.61 bits per heavy atom. The molecule has 9 nitrogen and oxygen atoms in total. The molecule has 1 amide bonds. The van der Waals surface area contributed by atoms with E-state index in [1.54, 1.807) is 40.0 Å². The number of piperidine rings is 1. The van der Waals surface area contributed by atoms with E-state index in [-0.39, 0.29) is 18.2 Å². The van der Waals surface area contributed by atoms with Crippen molar-refractivity contribution >= 4 is 5.91 Å². The summed E-state index contributed by atoms with van der Waals surface area (Å²) >= 11 is 0. The van der Waals surface area contributed by atoms with E-state index in [0.717, 1.165) is 29.0 Å². The largest absolute Gasteiger partial charge is 0.416 e. The molecule has 0 spiro atoms. The first-order valence-electron chi connectivity index (χ1n) is 13.3. The van der Waals surface area contributed by atoms with Gasteiger partial charge >= 0.3 is 6.18 Å². The van der Waals surface area contributed by atoms with Gasteiger partial charge in [0.1, 0.15) is 5.69 Å². The summed E-state index contributed by atoms with van der Waals surface area (Å²) in [6, 6.07) is 4.98. The molecular formula is C29H34F3N7O2. The second-order valence-corrected chi connectivity index (χ2v) is 10.1.